The maximum absolute atomic E-state index is 12.0. The molecule has 0 aliphatic heterocycles. The lowest BCUT2D eigenvalue weighted by Gasteiger charge is -2.11. The second-order valence-electron chi connectivity index (χ2n) is 5.10. The van der Waals surface area contributed by atoms with Crippen LogP contribution in [0, 0.1) is 11.8 Å². The van der Waals surface area contributed by atoms with Crippen molar-refractivity contribution in [3.8, 4) is 0 Å². The molecule has 2 aliphatic rings. The van der Waals surface area contributed by atoms with Crippen LogP contribution >= 0.6 is 15.9 Å². The van der Waals surface area contributed by atoms with Gasteiger partial charge >= 0.3 is 0 Å². The molecule has 0 spiro atoms. The Balaban J connectivity index is 1.69. The van der Waals surface area contributed by atoms with E-state index in [1.54, 1.807) is 6.07 Å². The van der Waals surface area contributed by atoms with E-state index < -0.39 is 0 Å². The van der Waals surface area contributed by atoms with Gasteiger partial charge in [-0.3, -0.25) is 4.79 Å². The van der Waals surface area contributed by atoms with Gasteiger partial charge in [-0.15, -0.1) is 0 Å². The molecule has 0 saturated heterocycles. The predicted octanol–water partition coefficient (Wildman–Crippen LogP) is 3.35. The fourth-order valence-electron chi connectivity index (χ4n) is 2.99. The summed E-state index contributed by atoms with van der Waals surface area (Å²) >= 11 is 3.37. The summed E-state index contributed by atoms with van der Waals surface area (Å²) < 4.78 is 0.802. The molecule has 0 heterocycles. The van der Waals surface area contributed by atoms with E-state index in [0.717, 1.165) is 16.8 Å². The Morgan fingerprint density at radius 3 is 2.83 bits per heavy atom. The molecule has 3 nitrogen and oxygen atoms in total. The summed E-state index contributed by atoms with van der Waals surface area (Å²) in [7, 11) is 0. The molecule has 1 N–H and O–H groups in total. The third-order valence-electron chi connectivity index (χ3n) is 3.93. The number of rotatable bonds is 2. The molecular formula is C14H15BrN2O. The maximum Gasteiger partial charge on any atom is 0.272 e. The van der Waals surface area contributed by atoms with Crippen molar-refractivity contribution < 1.29 is 4.79 Å². The van der Waals surface area contributed by atoms with E-state index in [0.29, 0.717) is 11.5 Å². The average molecular weight is 307 g/mol. The molecular weight excluding hydrogens is 292 g/mol. The van der Waals surface area contributed by atoms with Crippen molar-refractivity contribution in [2.45, 2.75) is 25.7 Å². The first-order valence-electron chi connectivity index (χ1n) is 6.35. The number of benzene rings is 1. The van der Waals surface area contributed by atoms with Gasteiger partial charge in [-0.25, -0.2) is 5.43 Å². The third kappa shape index (κ3) is 2.21. The summed E-state index contributed by atoms with van der Waals surface area (Å²) in [5, 5.41) is 4.32. The molecule has 94 valence electrons. The van der Waals surface area contributed by atoms with Crippen molar-refractivity contribution in [1.29, 1.82) is 0 Å². The fraction of sp³-hybridized carbons (Fsp3) is 0.429. The summed E-state index contributed by atoms with van der Waals surface area (Å²) in [6.45, 7) is 0. The van der Waals surface area contributed by atoms with Crippen LogP contribution < -0.4 is 5.43 Å². The molecule has 3 rings (SSSR count). The van der Waals surface area contributed by atoms with Crippen LogP contribution in [0.3, 0.4) is 0 Å². The molecule has 0 aromatic heterocycles. The largest absolute Gasteiger partial charge is 0.272 e. The monoisotopic (exact) mass is 306 g/mol. The molecule has 4 heteroatoms. The van der Waals surface area contributed by atoms with Crippen LogP contribution in [0.5, 0.6) is 0 Å². The molecule has 0 unspecified atom stereocenters. The van der Waals surface area contributed by atoms with Gasteiger partial charge < -0.3 is 0 Å². The second kappa shape index (κ2) is 4.84. The van der Waals surface area contributed by atoms with Gasteiger partial charge in [0.05, 0.1) is 5.56 Å². The lowest BCUT2D eigenvalue weighted by molar-refractivity contribution is 0.0953. The van der Waals surface area contributed by atoms with Crippen LogP contribution in [0.2, 0.25) is 0 Å². The highest BCUT2D eigenvalue weighted by Crippen LogP contribution is 2.42. The van der Waals surface area contributed by atoms with Crippen molar-refractivity contribution in [1.82, 2.24) is 5.43 Å². The van der Waals surface area contributed by atoms with Crippen LogP contribution in [-0.2, 0) is 0 Å². The smallest absolute Gasteiger partial charge is 0.267 e. The van der Waals surface area contributed by atoms with Crippen LogP contribution in [0.1, 0.15) is 36.0 Å². The number of hydrogen-bond donors (Lipinski definition) is 1. The summed E-state index contributed by atoms with van der Waals surface area (Å²) in [6, 6.07) is 7.40. The van der Waals surface area contributed by atoms with Gasteiger partial charge in [0.15, 0.2) is 0 Å². The molecule has 2 bridgehead atoms. The van der Waals surface area contributed by atoms with E-state index in [9.17, 15) is 4.79 Å². The van der Waals surface area contributed by atoms with E-state index in [1.807, 2.05) is 18.2 Å². The molecule has 1 aromatic carbocycles. The Labute approximate surface area is 115 Å². The van der Waals surface area contributed by atoms with E-state index in [2.05, 4.69) is 26.5 Å². The van der Waals surface area contributed by atoms with Crippen molar-refractivity contribution in [3.05, 3.63) is 34.3 Å². The molecule has 18 heavy (non-hydrogen) atoms. The number of amides is 1. The number of nitrogens with zero attached hydrogens (tertiary/aromatic N) is 1. The van der Waals surface area contributed by atoms with Crippen molar-refractivity contribution in [3.63, 3.8) is 0 Å². The highest BCUT2D eigenvalue weighted by Gasteiger charge is 2.36. The zero-order valence-electron chi connectivity index (χ0n) is 10.0. The van der Waals surface area contributed by atoms with Crippen molar-refractivity contribution >= 4 is 27.5 Å². The normalized spacial score (nSPS) is 27.7. The molecule has 1 aromatic rings. The van der Waals surface area contributed by atoms with E-state index in [1.165, 1.54) is 25.0 Å². The number of hydrazone groups is 1. The topological polar surface area (TPSA) is 41.5 Å². The number of halogens is 1. The molecule has 1 amide bonds. The standard InChI is InChI=1S/C14H15BrN2O/c15-12-4-2-1-3-11(12)14(18)17-16-13-8-9-5-6-10(13)7-9/h1-4,9-10H,5-8H2,(H,17,18)/b16-13+/t9-,10+/m1/s1. The molecule has 2 atom stereocenters. The Morgan fingerprint density at radius 2 is 2.17 bits per heavy atom. The summed E-state index contributed by atoms with van der Waals surface area (Å²) in [5.41, 5.74) is 4.50. The molecule has 2 aliphatic carbocycles. The number of nitrogens with one attached hydrogen (secondary N) is 1. The molecule has 2 saturated carbocycles. The third-order valence-corrected chi connectivity index (χ3v) is 4.62. The van der Waals surface area contributed by atoms with E-state index in [-0.39, 0.29) is 5.91 Å². The van der Waals surface area contributed by atoms with Gasteiger partial charge in [0.2, 0.25) is 0 Å². The quantitative estimate of drug-likeness (QED) is 0.836. The van der Waals surface area contributed by atoms with Gasteiger partial charge in [-0.05, 0) is 65.6 Å². The second-order valence-corrected chi connectivity index (χ2v) is 5.96. The number of fused-ring (bicyclic) bond motifs is 2. The maximum atomic E-state index is 12.0. The molecule has 2 fully saturated rings. The number of hydrogen-bond acceptors (Lipinski definition) is 2. The lowest BCUT2D eigenvalue weighted by Crippen LogP contribution is -2.22. The first kappa shape index (κ1) is 11.9. The minimum atomic E-state index is -0.141. The Morgan fingerprint density at radius 1 is 1.33 bits per heavy atom. The zero-order valence-corrected chi connectivity index (χ0v) is 11.6. The highest BCUT2D eigenvalue weighted by atomic mass is 79.9. The van der Waals surface area contributed by atoms with Gasteiger partial charge in [0.25, 0.3) is 5.91 Å². The Bertz CT molecular complexity index is 512. The minimum absolute atomic E-state index is 0.141. The zero-order chi connectivity index (χ0) is 12.5. The average Bonchev–Trinajstić information content (AvgIpc) is 2.98. The minimum Gasteiger partial charge on any atom is -0.267 e. The van der Waals surface area contributed by atoms with Crippen LogP contribution in [0.25, 0.3) is 0 Å². The van der Waals surface area contributed by atoms with Crippen LogP contribution in [-0.4, -0.2) is 11.6 Å². The van der Waals surface area contributed by atoms with Crippen molar-refractivity contribution in [2.75, 3.05) is 0 Å². The summed E-state index contributed by atoms with van der Waals surface area (Å²) in [4.78, 5) is 12.0. The Kier molecular flexibility index (Phi) is 3.20. The van der Waals surface area contributed by atoms with Gasteiger partial charge in [0, 0.05) is 10.2 Å². The fourth-order valence-corrected chi connectivity index (χ4v) is 3.46. The highest BCUT2D eigenvalue weighted by molar-refractivity contribution is 9.10. The summed E-state index contributed by atoms with van der Waals surface area (Å²) in [6.07, 6.45) is 4.92. The SMILES string of the molecule is O=C(N/N=C1\C[C@@H]2CC[C@H]1C2)c1ccccc1Br. The van der Waals surface area contributed by atoms with Gasteiger partial charge in [-0.1, -0.05) is 12.1 Å². The Hall–Kier alpha value is -1.16. The summed E-state index contributed by atoms with van der Waals surface area (Å²) in [5.74, 6) is 1.29. The van der Waals surface area contributed by atoms with Crippen molar-refractivity contribution in [2.24, 2.45) is 16.9 Å². The van der Waals surface area contributed by atoms with Crippen LogP contribution in [0.4, 0.5) is 0 Å². The van der Waals surface area contributed by atoms with E-state index in [4.69, 9.17) is 0 Å². The molecule has 0 radical (unpaired) electrons. The van der Waals surface area contributed by atoms with Crippen LogP contribution in [0.15, 0.2) is 33.8 Å². The predicted molar refractivity (Wildman–Crippen MR) is 74.5 cm³/mol. The first-order chi connectivity index (χ1) is 8.74. The lowest BCUT2D eigenvalue weighted by atomic mass is 9.99. The van der Waals surface area contributed by atoms with E-state index >= 15 is 0 Å². The first-order valence-corrected chi connectivity index (χ1v) is 7.14. The number of carbonyl (C=O) groups excluding carboxylic acids is 1. The van der Waals surface area contributed by atoms with Gasteiger partial charge in [-0.2, -0.15) is 5.10 Å². The van der Waals surface area contributed by atoms with Gasteiger partial charge in [0.1, 0.15) is 0 Å². The number of carbonyl (C=O) groups is 1.